The molecule has 0 aromatic rings. The van der Waals surface area contributed by atoms with E-state index in [1.165, 1.54) is 7.05 Å². The van der Waals surface area contributed by atoms with Crippen molar-refractivity contribution in [3.63, 3.8) is 0 Å². The summed E-state index contributed by atoms with van der Waals surface area (Å²) in [5.74, 6) is 5.35. The Balaban J connectivity index is 2.29. The molecule has 0 spiro atoms. The number of hydrogen-bond donors (Lipinski definition) is 3. The van der Waals surface area contributed by atoms with Crippen LogP contribution in [0, 0.1) is 0 Å². The lowest BCUT2D eigenvalue weighted by Crippen LogP contribution is -2.49. The molecule has 116 valence electrons. The van der Waals surface area contributed by atoms with E-state index < -0.39 is 5.60 Å². The van der Waals surface area contributed by atoms with Gasteiger partial charge in [-0.05, 0) is 46.5 Å². The van der Waals surface area contributed by atoms with Gasteiger partial charge in [-0.2, -0.15) is 0 Å². The zero-order valence-corrected chi connectivity index (χ0v) is 12.7. The third-order valence-electron chi connectivity index (χ3n) is 3.10. The van der Waals surface area contributed by atoms with Crippen LogP contribution in [0.3, 0.4) is 0 Å². The SMILES string of the molecule is CN(N)C(=O)N[C@H]1CC[C@H](NC(=O)OC(C)(C)C)CC1. The van der Waals surface area contributed by atoms with Crippen molar-refractivity contribution < 1.29 is 14.3 Å². The van der Waals surface area contributed by atoms with Crippen LogP contribution in [0.25, 0.3) is 0 Å². The number of hydrazine groups is 1. The van der Waals surface area contributed by atoms with Crippen molar-refractivity contribution in [2.75, 3.05) is 7.05 Å². The number of carbonyl (C=O) groups is 2. The summed E-state index contributed by atoms with van der Waals surface area (Å²) in [6.07, 6.45) is 2.89. The Morgan fingerprint density at radius 1 is 1.10 bits per heavy atom. The van der Waals surface area contributed by atoms with Gasteiger partial charge in [0.1, 0.15) is 5.60 Å². The van der Waals surface area contributed by atoms with Gasteiger partial charge in [-0.1, -0.05) is 0 Å². The summed E-state index contributed by atoms with van der Waals surface area (Å²) in [4.78, 5) is 23.1. The fourth-order valence-corrected chi connectivity index (χ4v) is 2.13. The molecule has 0 radical (unpaired) electrons. The quantitative estimate of drug-likeness (QED) is 0.405. The second-order valence-electron chi connectivity index (χ2n) is 6.26. The molecule has 1 rings (SSSR count). The first-order chi connectivity index (χ1) is 9.17. The number of amides is 3. The molecule has 1 aliphatic carbocycles. The van der Waals surface area contributed by atoms with Crippen molar-refractivity contribution in [2.45, 2.75) is 64.1 Å². The van der Waals surface area contributed by atoms with Gasteiger partial charge < -0.3 is 15.4 Å². The van der Waals surface area contributed by atoms with Gasteiger partial charge in [-0.3, -0.25) is 5.01 Å². The van der Waals surface area contributed by atoms with Gasteiger partial charge in [0.05, 0.1) is 0 Å². The fourth-order valence-electron chi connectivity index (χ4n) is 2.13. The van der Waals surface area contributed by atoms with Crippen molar-refractivity contribution in [3.05, 3.63) is 0 Å². The lowest BCUT2D eigenvalue weighted by atomic mass is 9.91. The molecule has 1 aliphatic rings. The van der Waals surface area contributed by atoms with Crippen LogP contribution in [-0.2, 0) is 4.74 Å². The number of urea groups is 1. The standard InChI is InChI=1S/C13H26N4O3/c1-13(2,3)20-12(19)16-10-7-5-9(6-8-10)15-11(18)17(4)14/h9-10H,5-8,14H2,1-4H3,(H,15,18)(H,16,19)/t9-,10-. The fraction of sp³-hybridized carbons (Fsp3) is 0.846. The zero-order valence-electron chi connectivity index (χ0n) is 12.7. The van der Waals surface area contributed by atoms with Gasteiger partial charge in [-0.25, -0.2) is 15.4 Å². The van der Waals surface area contributed by atoms with Crippen LogP contribution in [0.4, 0.5) is 9.59 Å². The van der Waals surface area contributed by atoms with E-state index in [1.807, 2.05) is 20.8 Å². The van der Waals surface area contributed by atoms with Crippen LogP contribution >= 0.6 is 0 Å². The molecule has 4 N–H and O–H groups in total. The molecule has 0 aromatic carbocycles. The Morgan fingerprint density at radius 2 is 1.55 bits per heavy atom. The van der Waals surface area contributed by atoms with Crippen molar-refractivity contribution >= 4 is 12.1 Å². The first-order valence-corrected chi connectivity index (χ1v) is 6.96. The Morgan fingerprint density at radius 3 is 1.95 bits per heavy atom. The molecule has 0 aliphatic heterocycles. The topological polar surface area (TPSA) is 96.7 Å². The van der Waals surface area contributed by atoms with Crippen LogP contribution in [-0.4, -0.2) is 41.9 Å². The van der Waals surface area contributed by atoms with Crippen LogP contribution < -0.4 is 16.5 Å². The summed E-state index contributed by atoms with van der Waals surface area (Å²) in [6.45, 7) is 5.51. The summed E-state index contributed by atoms with van der Waals surface area (Å²) in [5.41, 5.74) is -0.485. The minimum Gasteiger partial charge on any atom is -0.444 e. The first kappa shape index (κ1) is 16.6. The van der Waals surface area contributed by atoms with Crippen molar-refractivity contribution in [1.29, 1.82) is 0 Å². The third kappa shape index (κ3) is 6.10. The largest absolute Gasteiger partial charge is 0.444 e. The van der Waals surface area contributed by atoms with Gasteiger partial charge in [0.15, 0.2) is 0 Å². The van der Waals surface area contributed by atoms with E-state index in [1.54, 1.807) is 0 Å². The van der Waals surface area contributed by atoms with Crippen LogP contribution in [0.2, 0.25) is 0 Å². The van der Waals surface area contributed by atoms with Crippen LogP contribution in [0.5, 0.6) is 0 Å². The van der Waals surface area contributed by atoms with Gasteiger partial charge in [0.2, 0.25) is 0 Å². The Labute approximate surface area is 120 Å². The number of carbonyl (C=O) groups excluding carboxylic acids is 2. The van der Waals surface area contributed by atoms with Crippen molar-refractivity contribution in [1.82, 2.24) is 15.6 Å². The number of nitrogens with one attached hydrogen (secondary N) is 2. The van der Waals surface area contributed by atoms with E-state index in [4.69, 9.17) is 10.6 Å². The highest BCUT2D eigenvalue weighted by Crippen LogP contribution is 2.19. The second-order valence-corrected chi connectivity index (χ2v) is 6.26. The molecule has 20 heavy (non-hydrogen) atoms. The highest BCUT2D eigenvalue weighted by atomic mass is 16.6. The minimum atomic E-state index is -0.485. The molecular formula is C13H26N4O3. The molecule has 0 bridgehead atoms. The smallest absolute Gasteiger partial charge is 0.407 e. The molecule has 0 unspecified atom stereocenters. The van der Waals surface area contributed by atoms with E-state index in [0.717, 1.165) is 30.7 Å². The Hall–Kier alpha value is -1.50. The maximum Gasteiger partial charge on any atom is 0.407 e. The van der Waals surface area contributed by atoms with E-state index in [0.29, 0.717) is 0 Å². The molecule has 1 saturated carbocycles. The number of nitrogens with two attached hydrogens (primary N) is 1. The first-order valence-electron chi connectivity index (χ1n) is 6.96. The van der Waals surface area contributed by atoms with E-state index >= 15 is 0 Å². The summed E-state index contributed by atoms with van der Waals surface area (Å²) >= 11 is 0. The average Bonchev–Trinajstić information content (AvgIpc) is 2.28. The van der Waals surface area contributed by atoms with E-state index in [9.17, 15) is 9.59 Å². The number of hydrogen-bond acceptors (Lipinski definition) is 4. The lowest BCUT2D eigenvalue weighted by molar-refractivity contribution is 0.0489. The summed E-state index contributed by atoms with van der Waals surface area (Å²) in [7, 11) is 1.50. The van der Waals surface area contributed by atoms with Gasteiger partial charge in [0.25, 0.3) is 0 Å². The van der Waals surface area contributed by atoms with Gasteiger partial charge in [-0.15, -0.1) is 0 Å². The Kier molecular flexibility index (Phi) is 5.62. The van der Waals surface area contributed by atoms with Crippen LogP contribution in [0.15, 0.2) is 0 Å². The summed E-state index contributed by atoms with van der Waals surface area (Å²) < 4.78 is 5.22. The number of ether oxygens (including phenoxy) is 1. The summed E-state index contributed by atoms with van der Waals surface area (Å²) in [5, 5.41) is 6.74. The monoisotopic (exact) mass is 286 g/mol. The molecule has 0 saturated heterocycles. The highest BCUT2D eigenvalue weighted by Gasteiger charge is 2.25. The number of rotatable bonds is 2. The van der Waals surface area contributed by atoms with Crippen molar-refractivity contribution in [2.24, 2.45) is 5.84 Å². The highest BCUT2D eigenvalue weighted by molar-refractivity contribution is 5.73. The summed E-state index contributed by atoms with van der Waals surface area (Å²) in [6, 6.07) is -0.0626. The zero-order chi connectivity index (χ0) is 15.3. The molecule has 0 atom stereocenters. The molecule has 7 heteroatoms. The lowest BCUT2D eigenvalue weighted by Gasteiger charge is -2.31. The van der Waals surface area contributed by atoms with Gasteiger partial charge in [0, 0.05) is 19.1 Å². The molecule has 0 heterocycles. The molecule has 1 fully saturated rings. The Bertz CT molecular complexity index is 344. The molecule has 7 nitrogen and oxygen atoms in total. The van der Waals surface area contributed by atoms with Gasteiger partial charge >= 0.3 is 12.1 Å². The van der Waals surface area contributed by atoms with Crippen LogP contribution in [0.1, 0.15) is 46.5 Å². The maximum atomic E-state index is 11.6. The third-order valence-corrected chi connectivity index (χ3v) is 3.10. The number of nitrogens with zero attached hydrogens (tertiary/aromatic N) is 1. The predicted molar refractivity (Wildman–Crippen MR) is 75.9 cm³/mol. The molecule has 3 amide bonds. The predicted octanol–water partition coefficient (Wildman–Crippen LogP) is 1.34. The van der Waals surface area contributed by atoms with Crippen molar-refractivity contribution in [3.8, 4) is 0 Å². The van der Waals surface area contributed by atoms with E-state index in [2.05, 4.69) is 10.6 Å². The molecular weight excluding hydrogens is 260 g/mol. The van der Waals surface area contributed by atoms with E-state index in [-0.39, 0.29) is 24.2 Å². The molecule has 0 aromatic heterocycles. The average molecular weight is 286 g/mol. The number of alkyl carbamates (subject to hydrolysis) is 1. The maximum absolute atomic E-state index is 11.6. The minimum absolute atomic E-state index is 0.105. The second kappa shape index (κ2) is 6.78. The normalized spacial score (nSPS) is 22.9.